The molecule has 0 saturated carbocycles. The molecule has 21 heavy (non-hydrogen) atoms. The highest BCUT2D eigenvalue weighted by molar-refractivity contribution is 5.87. The first-order chi connectivity index (χ1) is 10.2. The predicted octanol–water partition coefficient (Wildman–Crippen LogP) is 4.09. The summed E-state index contributed by atoms with van der Waals surface area (Å²) >= 11 is 0. The molecule has 2 aromatic rings. The number of rotatable bonds is 6. The second-order valence-electron chi connectivity index (χ2n) is 4.90. The standard InChI is InChI=1S/C18H20O3/c1-3-14-6-5-7-15(4-2)17(14)21-12-13-8-10-16(11-9-13)18(19)20/h5-11H,3-4,12H2,1-2H3,(H,19,20). The Morgan fingerprint density at radius 3 is 2.05 bits per heavy atom. The predicted molar refractivity (Wildman–Crippen MR) is 82.9 cm³/mol. The molecule has 0 unspecified atom stereocenters. The Bertz CT molecular complexity index is 593. The lowest BCUT2D eigenvalue weighted by molar-refractivity contribution is 0.0697. The monoisotopic (exact) mass is 284 g/mol. The first-order valence-electron chi connectivity index (χ1n) is 7.21. The largest absolute Gasteiger partial charge is 0.488 e. The lowest BCUT2D eigenvalue weighted by Gasteiger charge is -2.14. The van der Waals surface area contributed by atoms with Crippen molar-refractivity contribution in [2.45, 2.75) is 33.3 Å². The van der Waals surface area contributed by atoms with Crippen LogP contribution in [0, 0.1) is 0 Å². The van der Waals surface area contributed by atoms with Gasteiger partial charge in [0.2, 0.25) is 0 Å². The fourth-order valence-electron chi connectivity index (χ4n) is 2.28. The number of para-hydroxylation sites is 1. The first-order valence-corrected chi connectivity index (χ1v) is 7.21. The minimum Gasteiger partial charge on any atom is -0.488 e. The number of carboxylic acids is 1. The van der Waals surface area contributed by atoms with Crippen molar-refractivity contribution in [2.24, 2.45) is 0 Å². The molecule has 0 aromatic heterocycles. The van der Waals surface area contributed by atoms with Crippen LogP contribution < -0.4 is 4.74 Å². The van der Waals surface area contributed by atoms with Gasteiger partial charge in [0.15, 0.2) is 0 Å². The topological polar surface area (TPSA) is 46.5 Å². The second kappa shape index (κ2) is 6.93. The summed E-state index contributed by atoms with van der Waals surface area (Å²) in [6.07, 6.45) is 1.86. The Labute approximate surface area is 125 Å². The summed E-state index contributed by atoms with van der Waals surface area (Å²) in [5, 5.41) is 8.89. The van der Waals surface area contributed by atoms with Gasteiger partial charge < -0.3 is 9.84 Å². The van der Waals surface area contributed by atoms with Crippen LogP contribution in [0.4, 0.5) is 0 Å². The highest BCUT2D eigenvalue weighted by atomic mass is 16.5. The van der Waals surface area contributed by atoms with Crippen LogP contribution in [-0.4, -0.2) is 11.1 Å². The molecule has 0 spiro atoms. The maximum absolute atomic E-state index is 10.8. The van der Waals surface area contributed by atoms with Gasteiger partial charge in [-0.1, -0.05) is 44.2 Å². The molecule has 0 fully saturated rings. The molecular formula is C18H20O3. The number of carboxylic acid groups (broad SMARTS) is 1. The van der Waals surface area contributed by atoms with Gasteiger partial charge in [-0.3, -0.25) is 0 Å². The lowest BCUT2D eigenvalue weighted by Crippen LogP contribution is -2.02. The normalized spacial score (nSPS) is 10.4. The zero-order chi connectivity index (χ0) is 15.2. The lowest BCUT2D eigenvalue weighted by atomic mass is 10.0. The van der Waals surface area contributed by atoms with Crippen LogP contribution in [0.2, 0.25) is 0 Å². The Balaban J connectivity index is 2.14. The number of benzene rings is 2. The molecule has 2 aromatic carbocycles. The number of hydrogen-bond acceptors (Lipinski definition) is 2. The average Bonchev–Trinajstić information content (AvgIpc) is 2.52. The van der Waals surface area contributed by atoms with Gasteiger partial charge in [-0.15, -0.1) is 0 Å². The molecule has 0 atom stereocenters. The van der Waals surface area contributed by atoms with E-state index in [-0.39, 0.29) is 0 Å². The van der Waals surface area contributed by atoms with Crippen LogP contribution in [0.3, 0.4) is 0 Å². The van der Waals surface area contributed by atoms with E-state index in [1.165, 1.54) is 11.1 Å². The van der Waals surface area contributed by atoms with Crippen LogP contribution >= 0.6 is 0 Å². The number of carbonyl (C=O) groups is 1. The summed E-state index contributed by atoms with van der Waals surface area (Å²) in [6.45, 7) is 4.68. The van der Waals surface area contributed by atoms with Crippen LogP contribution in [-0.2, 0) is 19.4 Å². The third-order valence-electron chi connectivity index (χ3n) is 3.52. The summed E-state index contributed by atoms with van der Waals surface area (Å²) in [7, 11) is 0. The summed E-state index contributed by atoms with van der Waals surface area (Å²) in [5.74, 6) is 0.0527. The Morgan fingerprint density at radius 1 is 1.00 bits per heavy atom. The van der Waals surface area contributed by atoms with Crippen molar-refractivity contribution < 1.29 is 14.6 Å². The number of aromatic carboxylic acids is 1. The molecule has 1 N–H and O–H groups in total. The van der Waals surface area contributed by atoms with Gasteiger partial charge in [-0.2, -0.15) is 0 Å². The van der Waals surface area contributed by atoms with E-state index in [2.05, 4.69) is 32.0 Å². The van der Waals surface area contributed by atoms with E-state index in [0.717, 1.165) is 24.2 Å². The van der Waals surface area contributed by atoms with Crippen molar-refractivity contribution in [3.8, 4) is 5.75 Å². The van der Waals surface area contributed by atoms with Gasteiger partial charge >= 0.3 is 5.97 Å². The van der Waals surface area contributed by atoms with Crippen LogP contribution in [0.1, 0.15) is 40.9 Å². The molecule has 0 amide bonds. The van der Waals surface area contributed by atoms with Gasteiger partial charge in [-0.05, 0) is 41.7 Å². The van der Waals surface area contributed by atoms with Crippen molar-refractivity contribution in [2.75, 3.05) is 0 Å². The summed E-state index contributed by atoms with van der Waals surface area (Å²) in [4.78, 5) is 10.8. The molecule has 0 radical (unpaired) electrons. The highest BCUT2D eigenvalue weighted by Gasteiger charge is 2.08. The molecule has 0 bridgehead atoms. The maximum atomic E-state index is 10.8. The molecule has 3 nitrogen and oxygen atoms in total. The summed E-state index contributed by atoms with van der Waals surface area (Å²) in [5.41, 5.74) is 3.67. The Kier molecular flexibility index (Phi) is 4.99. The van der Waals surface area contributed by atoms with Crippen molar-refractivity contribution in [3.63, 3.8) is 0 Å². The summed E-state index contributed by atoms with van der Waals surface area (Å²) < 4.78 is 5.99. The minimum absolute atomic E-state index is 0.293. The smallest absolute Gasteiger partial charge is 0.335 e. The van der Waals surface area contributed by atoms with E-state index in [1.807, 2.05) is 0 Å². The molecular weight excluding hydrogens is 264 g/mol. The maximum Gasteiger partial charge on any atom is 0.335 e. The quantitative estimate of drug-likeness (QED) is 0.869. The fourth-order valence-corrected chi connectivity index (χ4v) is 2.28. The van der Waals surface area contributed by atoms with E-state index >= 15 is 0 Å². The molecule has 0 aliphatic carbocycles. The van der Waals surface area contributed by atoms with Crippen molar-refractivity contribution in [1.82, 2.24) is 0 Å². The van der Waals surface area contributed by atoms with Crippen LogP contribution in [0.25, 0.3) is 0 Å². The van der Waals surface area contributed by atoms with E-state index in [9.17, 15) is 4.79 Å². The average molecular weight is 284 g/mol. The number of aryl methyl sites for hydroxylation is 2. The van der Waals surface area contributed by atoms with Crippen LogP contribution in [0.15, 0.2) is 42.5 Å². The zero-order valence-corrected chi connectivity index (χ0v) is 12.4. The third kappa shape index (κ3) is 3.63. The third-order valence-corrected chi connectivity index (χ3v) is 3.52. The van der Waals surface area contributed by atoms with E-state index in [4.69, 9.17) is 9.84 Å². The van der Waals surface area contributed by atoms with Crippen LogP contribution in [0.5, 0.6) is 5.75 Å². The molecule has 0 aliphatic heterocycles. The first kappa shape index (κ1) is 15.1. The van der Waals surface area contributed by atoms with Crippen molar-refractivity contribution in [3.05, 3.63) is 64.7 Å². The van der Waals surface area contributed by atoms with Crippen molar-refractivity contribution in [1.29, 1.82) is 0 Å². The molecule has 0 heterocycles. The van der Waals surface area contributed by atoms with E-state index < -0.39 is 5.97 Å². The number of ether oxygens (including phenoxy) is 1. The van der Waals surface area contributed by atoms with Gasteiger partial charge in [0.05, 0.1) is 5.56 Å². The molecule has 3 heteroatoms. The highest BCUT2D eigenvalue weighted by Crippen LogP contribution is 2.26. The fraction of sp³-hybridized carbons (Fsp3) is 0.278. The molecule has 0 aliphatic rings. The molecule has 2 rings (SSSR count). The van der Waals surface area contributed by atoms with Gasteiger partial charge in [-0.25, -0.2) is 4.79 Å². The second-order valence-corrected chi connectivity index (χ2v) is 4.90. The van der Waals surface area contributed by atoms with Gasteiger partial charge in [0, 0.05) is 0 Å². The molecule has 0 saturated heterocycles. The summed E-state index contributed by atoms with van der Waals surface area (Å²) in [6, 6.07) is 13.0. The van der Waals surface area contributed by atoms with Gasteiger partial charge in [0.1, 0.15) is 12.4 Å². The van der Waals surface area contributed by atoms with Crippen molar-refractivity contribution >= 4 is 5.97 Å². The van der Waals surface area contributed by atoms with E-state index in [1.54, 1.807) is 24.3 Å². The Morgan fingerprint density at radius 2 is 1.57 bits per heavy atom. The number of hydrogen-bond donors (Lipinski definition) is 1. The van der Waals surface area contributed by atoms with Gasteiger partial charge in [0.25, 0.3) is 0 Å². The molecule has 110 valence electrons. The van der Waals surface area contributed by atoms with E-state index in [0.29, 0.717) is 12.2 Å². The minimum atomic E-state index is -0.910. The Hall–Kier alpha value is -2.29. The SMILES string of the molecule is CCc1cccc(CC)c1OCc1ccc(C(=O)O)cc1. The zero-order valence-electron chi connectivity index (χ0n) is 12.4.